The largest absolute Gasteiger partial charge is 0.487 e. The van der Waals surface area contributed by atoms with Gasteiger partial charge in [-0.15, -0.1) is 0 Å². The van der Waals surface area contributed by atoms with Crippen molar-refractivity contribution in [3.8, 4) is 5.75 Å². The molecule has 0 saturated carbocycles. The lowest BCUT2D eigenvalue weighted by Gasteiger charge is -2.34. The first-order chi connectivity index (χ1) is 12.2. The van der Waals surface area contributed by atoms with Crippen LogP contribution in [0.4, 0.5) is 5.69 Å². The van der Waals surface area contributed by atoms with Crippen LogP contribution in [0.25, 0.3) is 0 Å². The van der Waals surface area contributed by atoms with Gasteiger partial charge in [-0.1, -0.05) is 0 Å². The van der Waals surface area contributed by atoms with Gasteiger partial charge in [0.05, 0.1) is 17.1 Å². The van der Waals surface area contributed by atoms with Gasteiger partial charge in [-0.2, -0.15) is 4.31 Å². The molecular formula is C17H23N3O5S. The molecule has 2 heterocycles. The molecule has 2 aliphatic heterocycles. The molecular weight excluding hydrogens is 358 g/mol. The Morgan fingerprint density at radius 2 is 1.88 bits per heavy atom. The van der Waals surface area contributed by atoms with Crippen molar-refractivity contribution in [2.24, 2.45) is 11.7 Å². The summed E-state index contributed by atoms with van der Waals surface area (Å²) in [7, 11) is -3.72. The highest BCUT2D eigenvalue weighted by molar-refractivity contribution is 7.89. The molecule has 0 radical (unpaired) electrons. The van der Waals surface area contributed by atoms with Gasteiger partial charge in [0.25, 0.3) is 0 Å². The van der Waals surface area contributed by atoms with Gasteiger partial charge in [0.15, 0.2) is 0 Å². The fraction of sp³-hybridized carbons (Fsp3) is 0.529. The number of primary amides is 1. The van der Waals surface area contributed by atoms with E-state index >= 15 is 0 Å². The summed E-state index contributed by atoms with van der Waals surface area (Å²) < 4.78 is 33.0. The molecule has 2 N–H and O–H groups in total. The Hall–Kier alpha value is -2.13. The van der Waals surface area contributed by atoms with Gasteiger partial charge >= 0.3 is 0 Å². The number of nitrogens with two attached hydrogens (primary N) is 1. The maximum absolute atomic E-state index is 13.0. The van der Waals surface area contributed by atoms with E-state index in [0.29, 0.717) is 30.8 Å². The number of amides is 2. The standard InChI is InChI=1S/C17H23N3O5S/c1-11-10-20(12(2)21)15-9-14(3-4-16(15)25-11)26(23,24)19-7-5-13(6-8-19)17(18)22/h3-4,9,11,13H,5-8,10H2,1-2H3,(H2,18,22). The lowest BCUT2D eigenvalue weighted by atomic mass is 9.98. The number of fused-ring (bicyclic) bond motifs is 1. The van der Waals surface area contributed by atoms with Crippen molar-refractivity contribution in [3.05, 3.63) is 18.2 Å². The van der Waals surface area contributed by atoms with Crippen LogP contribution in [-0.4, -0.2) is 50.3 Å². The molecule has 1 atom stereocenters. The van der Waals surface area contributed by atoms with Gasteiger partial charge in [0.2, 0.25) is 21.8 Å². The minimum Gasteiger partial charge on any atom is -0.487 e. The third kappa shape index (κ3) is 3.41. The van der Waals surface area contributed by atoms with Crippen LogP contribution in [0.1, 0.15) is 26.7 Å². The number of benzene rings is 1. The fourth-order valence-corrected chi connectivity index (χ4v) is 4.90. The van der Waals surface area contributed by atoms with Crippen LogP contribution in [-0.2, 0) is 19.6 Å². The normalized spacial score (nSPS) is 21.8. The zero-order chi connectivity index (χ0) is 19.1. The molecule has 0 spiro atoms. The molecule has 1 unspecified atom stereocenters. The summed E-state index contributed by atoms with van der Waals surface area (Å²) >= 11 is 0. The number of piperidine rings is 1. The molecule has 26 heavy (non-hydrogen) atoms. The molecule has 9 heteroatoms. The topological polar surface area (TPSA) is 110 Å². The summed E-state index contributed by atoms with van der Waals surface area (Å²) in [5, 5.41) is 0. The minimum absolute atomic E-state index is 0.109. The first-order valence-electron chi connectivity index (χ1n) is 8.58. The van der Waals surface area contributed by atoms with Crippen molar-refractivity contribution in [2.75, 3.05) is 24.5 Å². The van der Waals surface area contributed by atoms with Crippen LogP contribution in [0.3, 0.4) is 0 Å². The van der Waals surface area contributed by atoms with Crippen LogP contribution in [0, 0.1) is 5.92 Å². The second kappa shape index (κ2) is 6.88. The number of carbonyl (C=O) groups excluding carboxylic acids is 2. The van der Waals surface area contributed by atoms with Crippen molar-refractivity contribution < 1.29 is 22.7 Å². The number of hydrogen-bond donors (Lipinski definition) is 1. The van der Waals surface area contributed by atoms with Gasteiger partial charge in [0.1, 0.15) is 11.9 Å². The molecule has 1 aromatic carbocycles. The average molecular weight is 381 g/mol. The third-order valence-electron chi connectivity index (χ3n) is 4.86. The molecule has 0 aromatic heterocycles. The zero-order valence-electron chi connectivity index (χ0n) is 14.8. The van der Waals surface area contributed by atoms with Crippen molar-refractivity contribution in [3.63, 3.8) is 0 Å². The van der Waals surface area contributed by atoms with E-state index in [1.54, 1.807) is 6.07 Å². The number of sulfonamides is 1. The minimum atomic E-state index is -3.72. The molecule has 0 aliphatic carbocycles. The number of nitrogens with zero attached hydrogens (tertiary/aromatic N) is 2. The van der Waals surface area contributed by atoms with Gasteiger partial charge in [0, 0.05) is 25.9 Å². The summed E-state index contributed by atoms with van der Waals surface area (Å²) in [5.41, 5.74) is 5.77. The van der Waals surface area contributed by atoms with Gasteiger partial charge < -0.3 is 15.4 Å². The SMILES string of the molecule is CC(=O)N1CC(C)Oc2ccc(S(=O)(=O)N3CCC(C(N)=O)CC3)cc21. The van der Waals surface area contributed by atoms with E-state index in [9.17, 15) is 18.0 Å². The van der Waals surface area contributed by atoms with E-state index in [-0.39, 0.29) is 41.8 Å². The van der Waals surface area contributed by atoms with E-state index in [1.807, 2.05) is 6.92 Å². The van der Waals surface area contributed by atoms with E-state index in [0.717, 1.165) is 0 Å². The molecule has 3 rings (SSSR count). The van der Waals surface area contributed by atoms with E-state index < -0.39 is 10.0 Å². The highest BCUT2D eigenvalue weighted by atomic mass is 32.2. The molecule has 2 aliphatic rings. The summed E-state index contributed by atoms with van der Waals surface area (Å²) in [4.78, 5) is 24.8. The number of ether oxygens (including phenoxy) is 1. The maximum Gasteiger partial charge on any atom is 0.243 e. The molecule has 8 nitrogen and oxygen atoms in total. The van der Waals surface area contributed by atoms with E-state index in [2.05, 4.69) is 0 Å². The average Bonchev–Trinajstić information content (AvgIpc) is 2.60. The monoisotopic (exact) mass is 381 g/mol. The molecule has 1 saturated heterocycles. The fourth-order valence-electron chi connectivity index (χ4n) is 3.41. The van der Waals surface area contributed by atoms with Crippen LogP contribution in [0.2, 0.25) is 0 Å². The second-order valence-electron chi connectivity index (χ2n) is 6.77. The quantitative estimate of drug-likeness (QED) is 0.829. The van der Waals surface area contributed by atoms with Crippen LogP contribution in [0.5, 0.6) is 5.75 Å². The number of anilines is 1. The number of hydrogen-bond acceptors (Lipinski definition) is 5. The molecule has 2 amide bonds. The summed E-state index contributed by atoms with van der Waals surface area (Å²) in [5.74, 6) is -0.351. The lowest BCUT2D eigenvalue weighted by molar-refractivity contribution is -0.122. The van der Waals surface area contributed by atoms with E-state index in [4.69, 9.17) is 10.5 Å². The first-order valence-corrected chi connectivity index (χ1v) is 10.0. The lowest BCUT2D eigenvalue weighted by Crippen LogP contribution is -2.42. The Balaban J connectivity index is 1.89. The third-order valence-corrected chi connectivity index (χ3v) is 6.76. The second-order valence-corrected chi connectivity index (χ2v) is 8.71. The maximum atomic E-state index is 13.0. The Kier molecular flexibility index (Phi) is 4.94. The van der Waals surface area contributed by atoms with Gasteiger partial charge in [-0.3, -0.25) is 9.59 Å². The molecule has 1 fully saturated rings. The Morgan fingerprint density at radius 1 is 1.23 bits per heavy atom. The van der Waals surface area contributed by atoms with E-state index in [1.165, 1.54) is 28.3 Å². The summed E-state index contributed by atoms with van der Waals surface area (Å²) in [6.45, 7) is 4.16. The molecule has 0 bridgehead atoms. The van der Waals surface area contributed by atoms with Crippen molar-refractivity contribution >= 4 is 27.5 Å². The van der Waals surface area contributed by atoms with Gasteiger partial charge in [-0.25, -0.2) is 8.42 Å². The van der Waals surface area contributed by atoms with Crippen LogP contribution < -0.4 is 15.4 Å². The predicted octanol–water partition coefficient (Wildman–Crippen LogP) is 0.706. The number of rotatable bonds is 3. The smallest absolute Gasteiger partial charge is 0.243 e. The summed E-state index contributed by atoms with van der Waals surface area (Å²) in [6.07, 6.45) is 0.668. The Bertz CT molecular complexity index is 831. The number of carbonyl (C=O) groups is 2. The summed E-state index contributed by atoms with van der Waals surface area (Å²) in [6, 6.07) is 4.56. The Labute approximate surface area is 152 Å². The van der Waals surface area contributed by atoms with Crippen LogP contribution >= 0.6 is 0 Å². The van der Waals surface area contributed by atoms with Crippen molar-refractivity contribution in [1.82, 2.24) is 4.31 Å². The molecule has 1 aromatic rings. The van der Waals surface area contributed by atoms with Gasteiger partial charge in [-0.05, 0) is 38.0 Å². The predicted molar refractivity (Wildman–Crippen MR) is 95.2 cm³/mol. The zero-order valence-corrected chi connectivity index (χ0v) is 15.7. The molecule has 142 valence electrons. The Morgan fingerprint density at radius 3 is 2.46 bits per heavy atom. The van der Waals surface area contributed by atoms with Crippen molar-refractivity contribution in [1.29, 1.82) is 0 Å². The highest BCUT2D eigenvalue weighted by Gasteiger charge is 2.33. The highest BCUT2D eigenvalue weighted by Crippen LogP contribution is 2.36. The van der Waals surface area contributed by atoms with Crippen LogP contribution in [0.15, 0.2) is 23.1 Å². The van der Waals surface area contributed by atoms with Crippen molar-refractivity contribution in [2.45, 2.75) is 37.7 Å². The first kappa shape index (κ1) is 18.7.